The van der Waals surface area contributed by atoms with Gasteiger partial charge in [0.2, 0.25) is 0 Å². The number of hydrogen-bond donors (Lipinski definition) is 0. The fourth-order valence-electron chi connectivity index (χ4n) is 5.01. The molecule has 7 rings (SSSR count). The van der Waals surface area contributed by atoms with Crippen LogP contribution < -0.4 is 10.5 Å². The number of hydrogen-bond acceptors (Lipinski definition) is 5. The fourth-order valence-corrected chi connectivity index (χ4v) is 5.01. The molecule has 8 nitrogen and oxygen atoms in total. The minimum atomic E-state index is -4.76. The Morgan fingerprint density at radius 1 is 0.854 bits per heavy atom. The smallest absolute Gasteiger partial charge is 0.357 e. The summed E-state index contributed by atoms with van der Waals surface area (Å²) in [5, 5.41) is 5.39. The summed E-state index contributed by atoms with van der Waals surface area (Å²) in [6, 6.07) is 20.4. The van der Waals surface area contributed by atoms with Crippen LogP contribution in [0.25, 0.3) is 49.7 Å². The number of fused-ring (bicyclic) bond motifs is 4. The lowest BCUT2D eigenvalue weighted by atomic mass is 10.0. The van der Waals surface area contributed by atoms with E-state index in [0.29, 0.717) is 21.9 Å². The predicted molar refractivity (Wildman–Crippen MR) is 148 cm³/mol. The van der Waals surface area contributed by atoms with Crippen molar-refractivity contribution >= 4 is 32.8 Å². The summed E-state index contributed by atoms with van der Waals surface area (Å²) >= 11 is 0. The minimum absolute atomic E-state index is 0.0333. The van der Waals surface area contributed by atoms with Crippen LogP contribution in [-0.2, 0) is 13.2 Å². The number of nitrogens with zero attached hydrogens (tertiary/aromatic N) is 6. The molecule has 0 bridgehead atoms. The van der Waals surface area contributed by atoms with Gasteiger partial charge in [0, 0.05) is 29.6 Å². The summed E-state index contributed by atoms with van der Waals surface area (Å²) in [5.74, 6) is -0.448. The maximum absolute atomic E-state index is 14.2. The molecule has 7 aromatic rings. The first-order chi connectivity index (χ1) is 19.8. The highest BCUT2D eigenvalue weighted by molar-refractivity contribution is 6.05. The lowest BCUT2D eigenvalue weighted by Gasteiger charge is -2.15. The van der Waals surface area contributed by atoms with Crippen molar-refractivity contribution in [2.24, 2.45) is 7.05 Å². The van der Waals surface area contributed by atoms with Gasteiger partial charge in [-0.25, -0.2) is 4.79 Å². The van der Waals surface area contributed by atoms with Crippen molar-refractivity contribution < 1.29 is 18.0 Å². The second-order valence-corrected chi connectivity index (χ2v) is 9.50. The molecule has 0 N–H and O–H groups in total. The van der Waals surface area contributed by atoms with Crippen LogP contribution in [0.4, 0.5) is 13.2 Å². The Hall–Kier alpha value is -5.45. The lowest BCUT2D eigenvalue weighted by Crippen LogP contribution is -2.21. The lowest BCUT2D eigenvalue weighted by molar-refractivity contribution is -0.139. The largest absolute Gasteiger partial charge is 0.420 e. The van der Waals surface area contributed by atoms with Crippen molar-refractivity contribution in [2.45, 2.75) is 6.18 Å². The molecule has 3 aromatic carbocycles. The standard InChI is InChI=1S/C30H19F3N6O2/c1-37-26-17-35-25-9-7-18(20-13-19-5-2-3-6-24(19)34-16-20)14-22(25)28(26)39(29(37)40)21-8-10-27(23(15-21)30(31,32)33)41-38-12-4-11-36-38/h2-17H,1H3. The first-order valence-corrected chi connectivity index (χ1v) is 12.5. The normalized spacial score (nSPS) is 12.0. The molecule has 202 valence electrons. The number of aryl methyl sites for hydroxylation is 1. The van der Waals surface area contributed by atoms with Crippen LogP contribution >= 0.6 is 0 Å². The molecule has 0 amide bonds. The quantitative estimate of drug-likeness (QED) is 0.262. The summed E-state index contributed by atoms with van der Waals surface area (Å²) in [7, 11) is 1.56. The summed E-state index contributed by atoms with van der Waals surface area (Å²) in [6.07, 6.45) is 1.33. The number of halogens is 3. The molecule has 0 saturated carbocycles. The van der Waals surface area contributed by atoms with E-state index in [1.54, 1.807) is 19.4 Å². The Labute approximate surface area is 229 Å². The average Bonchev–Trinajstić information content (AvgIpc) is 3.58. The van der Waals surface area contributed by atoms with Crippen LogP contribution in [0.5, 0.6) is 5.75 Å². The van der Waals surface area contributed by atoms with Gasteiger partial charge in [-0.1, -0.05) is 24.3 Å². The third kappa shape index (κ3) is 4.09. The second-order valence-electron chi connectivity index (χ2n) is 9.50. The molecule has 0 radical (unpaired) electrons. The third-order valence-electron chi connectivity index (χ3n) is 7.01. The number of rotatable bonds is 4. The molecule has 4 heterocycles. The third-order valence-corrected chi connectivity index (χ3v) is 7.01. The first kappa shape index (κ1) is 24.6. The van der Waals surface area contributed by atoms with Crippen LogP contribution in [0.2, 0.25) is 0 Å². The zero-order valence-electron chi connectivity index (χ0n) is 21.4. The molecule has 0 unspecified atom stereocenters. The van der Waals surface area contributed by atoms with Gasteiger partial charge in [0.25, 0.3) is 0 Å². The zero-order valence-corrected chi connectivity index (χ0v) is 21.4. The Kier molecular flexibility index (Phi) is 5.43. The van der Waals surface area contributed by atoms with Crippen LogP contribution in [-0.4, -0.2) is 29.0 Å². The van der Waals surface area contributed by atoms with Crippen LogP contribution in [0.15, 0.2) is 102 Å². The van der Waals surface area contributed by atoms with Crippen LogP contribution in [0.3, 0.4) is 0 Å². The van der Waals surface area contributed by atoms with E-state index < -0.39 is 23.2 Å². The number of aromatic nitrogens is 6. The molecular weight excluding hydrogens is 533 g/mol. The molecule has 0 fully saturated rings. The van der Waals surface area contributed by atoms with Crippen molar-refractivity contribution in [1.82, 2.24) is 29.0 Å². The van der Waals surface area contributed by atoms with Crippen LogP contribution in [0.1, 0.15) is 5.56 Å². The van der Waals surface area contributed by atoms with Gasteiger partial charge < -0.3 is 4.84 Å². The number of pyridine rings is 2. The molecule has 11 heteroatoms. The van der Waals surface area contributed by atoms with E-state index >= 15 is 0 Å². The molecule has 0 saturated heterocycles. The van der Waals surface area contributed by atoms with Gasteiger partial charge in [0.1, 0.15) is 5.56 Å². The van der Waals surface area contributed by atoms with E-state index in [0.717, 1.165) is 32.9 Å². The van der Waals surface area contributed by atoms with Gasteiger partial charge in [-0.2, -0.15) is 13.2 Å². The van der Waals surface area contributed by atoms with E-state index in [1.165, 1.54) is 39.7 Å². The van der Waals surface area contributed by atoms with Gasteiger partial charge in [-0.05, 0) is 54.1 Å². The minimum Gasteiger partial charge on any atom is -0.357 e. The van der Waals surface area contributed by atoms with Crippen molar-refractivity contribution in [3.8, 4) is 22.6 Å². The molecular formula is C30H19F3N6O2. The molecule has 0 spiro atoms. The highest BCUT2D eigenvalue weighted by Crippen LogP contribution is 2.38. The van der Waals surface area contributed by atoms with E-state index in [4.69, 9.17) is 4.84 Å². The fraction of sp³-hybridized carbons (Fsp3) is 0.0667. The van der Waals surface area contributed by atoms with Crippen molar-refractivity contribution in [2.75, 3.05) is 0 Å². The number of imidazole rings is 1. The Morgan fingerprint density at radius 2 is 1.68 bits per heavy atom. The van der Waals surface area contributed by atoms with Crippen LogP contribution in [0, 0.1) is 0 Å². The predicted octanol–water partition coefficient (Wildman–Crippen LogP) is 6.15. The maximum Gasteiger partial charge on any atom is 0.420 e. The summed E-state index contributed by atoms with van der Waals surface area (Å²) in [6.45, 7) is 0. The zero-order chi connectivity index (χ0) is 28.3. The summed E-state index contributed by atoms with van der Waals surface area (Å²) < 4.78 is 45.2. The summed E-state index contributed by atoms with van der Waals surface area (Å²) in [4.78, 5) is 28.8. The van der Waals surface area contributed by atoms with E-state index in [9.17, 15) is 18.0 Å². The first-order valence-electron chi connectivity index (χ1n) is 12.5. The number of para-hydroxylation sites is 1. The van der Waals surface area contributed by atoms with Gasteiger partial charge in [-0.3, -0.25) is 19.1 Å². The van der Waals surface area contributed by atoms with Crippen molar-refractivity contribution in [3.05, 3.63) is 114 Å². The van der Waals surface area contributed by atoms with Crippen molar-refractivity contribution in [1.29, 1.82) is 0 Å². The molecule has 0 atom stereocenters. The SMILES string of the molecule is Cn1c(=O)n(-c2ccc(On3cccn3)c(C(F)(F)F)c2)c2c3cc(-c4cnc5ccccc5c4)ccc3ncc21. The molecule has 0 aliphatic rings. The molecule has 0 aliphatic heterocycles. The Balaban J connectivity index is 1.45. The Bertz CT molecular complexity index is 2160. The number of alkyl halides is 3. The van der Waals surface area contributed by atoms with Gasteiger partial charge in [0.15, 0.2) is 5.75 Å². The van der Waals surface area contributed by atoms with Crippen molar-refractivity contribution in [3.63, 3.8) is 0 Å². The molecule has 0 aliphatic carbocycles. The molecule has 41 heavy (non-hydrogen) atoms. The van der Waals surface area contributed by atoms with Gasteiger partial charge in [0.05, 0.1) is 46.3 Å². The topological polar surface area (TPSA) is 79.8 Å². The van der Waals surface area contributed by atoms with E-state index in [2.05, 4.69) is 15.1 Å². The Morgan fingerprint density at radius 3 is 2.49 bits per heavy atom. The van der Waals surface area contributed by atoms with Gasteiger partial charge in [-0.15, -0.1) is 9.94 Å². The monoisotopic (exact) mass is 552 g/mol. The summed E-state index contributed by atoms with van der Waals surface area (Å²) in [5.41, 5.74) is 2.51. The van der Waals surface area contributed by atoms with E-state index in [-0.39, 0.29) is 5.69 Å². The second kappa shape index (κ2) is 9.05. The molecule has 4 aromatic heterocycles. The number of benzene rings is 3. The maximum atomic E-state index is 14.2. The highest BCUT2D eigenvalue weighted by Gasteiger charge is 2.36. The van der Waals surface area contributed by atoms with E-state index in [1.807, 2.05) is 48.5 Å². The highest BCUT2D eigenvalue weighted by atomic mass is 19.4. The average molecular weight is 553 g/mol. The van der Waals surface area contributed by atoms with Gasteiger partial charge >= 0.3 is 11.9 Å².